The standard InChI is InChI=1S/C10H12OS2/c1-7-4-9(13-12)2-3-10(7)8-5-11-6-8/h2-4,8,12H,5-6H2,1H3. The van der Waals surface area contributed by atoms with E-state index in [1.165, 1.54) is 26.8 Å². The van der Waals surface area contributed by atoms with E-state index in [2.05, 4.69) is 36.8 Å². The molecule has 1 aromatic rings. The van der Waals surface area contributed by atoms with E-state index in [0.717, 1.165) is 13.2 Å². The van der Waals surface area contributed by atoms with Crippen LogP contribution in [0.1, 0.15) is 17.0 Å². The van der Waals surface area contributed by atoms with E-state index in [1.807, 2.05) is 0 Å². The summed E-state index contributed by atoms with van der Waals surface area (Å²) in [5, 5.41) is 0. The zero-order chi connectivity index (χ0) is 9.26. The first-order chi connectivity index (χ1) is 6.31. The highest BCUT2D eigenvalue weighted by Crippen LogP contribution is 2.30. The second-order valence-corrected chi connectivity index (χ2v) is 4.55. The van der Waals surface area contributed by atoms with Crippen LogP contribution in [0.4, 0.5) is 0 Å². The number of aryl methyl sites for hydroxylation is 1. The second kappa shape index (κ2) is 3.95. The fourth-order valence-electron chi connectivity index (χ4n) is 1.58. The molecule has 0 aliphatic carbocycles. The molecule has 0 saturated carbocycles. The Kier molecular flexibility index (Phi) is 2.86. The molecule has 1 aliphatic heterocycles. The summed E-state index contributed by atoms with van der Waals surface area (Å²) < 4.78 is 5.18. The predicted molar refractivity (Wildman–Crippen MR) is 59.6 cm³/mol. The topological polar surface area (TPSA) is 9.23 Å². The van der Waals surface area contributed by atoms with Crippen molar-refractivity contribution in [2.45, 2.75) is 17.7 Å². The first kappa shape index (κ1) is 9.44. The summed E-state index contributed by atoms with van der Waals surface area (Å²) in [4.78, 5) is 1.21. The normalized spacial score (nSPS) is 17.1. The fourth-order valence-corrected chi connectivity index (χ4v) is 2.28. The Hall–Kier alpha value is -0.120. The summed E-state index contributed by atoms with van der Waals surface area (Å²) in [5.74, 6) is 0.624. The van der Waals surface area contributed by atoms with Crippen molar-refractivity contribution >= 4 is 22.5 Å². The Morgan fingerprint density at radius 3 is 2.69 bits per heavy atom. The first-order valence-electron chi connectivity index (χ1n) is 4.31. The third-order valence-corrected chi connectivity index (χ3v) is 3.52. The average Bonchev–Trinajstić information content (AvgIpc) is 2.05. The lowest BCUT2D eigenvalue weighted by atomic mass is 9.94. The highest BCUT2D eigenvalue weighted by molar-refractivity contribution is 8.68. The third kappa shape index (κ3) is 1.87. The van der Waals surface area contributed by atoms with Gasteiger partial charge < -0.3 is 4.74 Å². The molecular weight excluding hydrogens is 200 g/mol. The zero-order valence-corrected chi connectivity index (χ0v) is 9.20. The Morgan fingerprint density at radius 2 is 2.23 bits per heavy atom. The molecule has 2 rings (SSSR count). The molecule has 1 saturated heterocycles. The van der Waals surface area contributed by atoms with Gasteiger partial charge in [0.05, 0.1) is 13.2 Å². The van der Waals surface area contributed by atoms with Gasteiger partial charge in [0.25, 0.3) is 0 Å². The Bertz CT molecular complexity index is 308. The van der Waals surface area contributed by atoms with E-state index in [1.54, 1.807) is 0 Å². The molecule has 1 fully saturated rings. The van der Waals surface area contributed by atoms with Crippen LogP contribution in [0.15, 0.2) is 23.1 Å². The summed E-state index contributed by atoms with van der Waals surface area (Å²) in [6, 6.07) is 6.50. The van der Waals surface area contributed by atoms with Crippen LogP contribution < -0.4 is 0 Å². The highest BCUT2D eigenvalue weighted by atomic mass is 33.1. The molecule has 3 heteroatoms. The van der Waals surface area contributed by atoms with Gasteiger partial charge in [-0.3, -0.25) is 0 Å². The van der Waals surface area contributed by atoms with Crippen LogP contribution in [-0.4, -0.2) is 13.2 Å². The number of rotatable bonds is 2. The van der Waals surface area contributed by atoms with Crippen molar-refractivity contribution in [3.8, 4) is 0 Å². The quantitative estimate of drug-likeness (QED) is 0.596. The largest absolute Gasteiger partial charge is 0.380 e. The van der Waals surface area contributed by atoms with E-state index in [0.29, 0.717) is 5.92 Å². The number of hydrogen-bond donors (Lipinski definition) is 1. The lowest BCUT2D eigenvalue weighted by molar-refractivity contribution is 0.00815. The third-order valence-electron chi connectivity index (χ3n) is 2.42. The maximum atomic E-state index is 5.18. The monoisotopic (exact) mass is 212 g/mol. The lowest BCUT2D eigenvalue weighted by Gasteiger charge is -2.27. The van der Waals surface area contributed by atoms with Crippen LogP contribution in [0.5, 0.6) is 0 Å². The van der Waals surface area contributed by atoms with E-state index in [9.17, 15) is 0 Å². The molecule has 0 aromatic heterocycles. The average molecular weight is 212 g/mol. The fraction of sp³-hybridized carbons (Fsp3) is 0.400. The maximum Gasteiger partial charge on any atom is 0.0557 e. The van der Waals surface area contributed by atoms with Crippen LogP contribution in [0.25, 0.3) is 0 Å². The van der Waals surface area contributed by atoms with Gasteiger partial charge in [0, 0.05) is 10.8 Å². The molecule has 0 N–H and O–H groups in total. The van der Waals surface area contributed by atoms with Crippen molar-refractivity contribution in [1.82, 2.24) is 0 Å². The van der Waals surface area contributed by atoms with E-state index in [4.69, 9.17) is 4.74 Å². The minimum atomic E-state index is 0.624. The molecule has 1 heterocycles. The van der Waals surface area contributed by atoms with Crippen molar-refractivity contribution in [2.24, 2.45) is 0 Å². The molecule has 13 heavy (non-hydrogen) atoms. The molecule has 0 radical (unpaired) electrons. The molecule has 0 amide bonds. The Morgan fingerprint density at radius 1 is 1.46 bits per heavy atom. The lowest BCUT2D eigenvalue weighted by Crippen LogP contribution is -2.25. The molecule has 0 unspecified atom stereocenters. The first-order valence-corrected chi connectivity index (χ1v) is 6.18. The van der Waals surface area contributed by atoms with Crippen LogP contribution >= 0.6 is 22.5 Å². The number of hydrogen-bond acceptors (Lipinski definition) is 3. The van der Waals surface area contributed by atoms with Crippen LogP contribution in [-0.2, 0) is 4.74 Å². The van der Waals surface area contributed by atoms with Crippen LogP contribution in [0.2, 0.25) is 0 Å². The van der Waals surface area contributed by atoms with Gasteiger partial charge in [-0.25, -0.2) is 0 Å². The minimum Gasteiger partial charge on any atom is -0.380 e. The van der Waals surface area contributed by atoms with E-state index >= 15 is 0 Å². The van der Waals surface area contributed by atoms with Gasteiger partial charge in [-0.05, 0) is 30.2 Å². The van der Waals surface area contributed by atoms with Crippen molar-refractivity contribution in [3.05, 3.63) is 29.3 Å². The van der Waals surface area contributed by atoms with Gasteiger partial charge >= 0.3 is 0 Å². The SMILES string of the molecule is Cc1cc(SS)ccc1C1COC1. The van der Waals surface area contributed by atoms with E-state index in [-0.39, 0.29) is 0 Å². The smallest absolute Gasteiger partial charge is 0.0557 e. The molecule has 1 aromatic carbocycles. The summed E-state index contributed by atoms with van der Waals surface area (Å²) in [6.07, 6.45) is 0. The number of ether oxygens (including phenoxy) is 1. The van der Waals surface area contributed by atoms with Gasteiger partial charge in [-0.1, -0.05) is 16.9 Å². The molecule has 0 spiro atoms. The molecule has 0 atom stereocenters. The molecule has 0 bridgehead atoms. The Balaban J connectivity index is 2.26. The zero-order valence-electron chi connectivity index (χ0n) is 7.49. The van der Waals surface area contributed by atoms with Gasteiger partial charge in [0.1, 0.15) is 0 Å². The second-order valence-electron chi connectivity index (χ2n) is 3.34. The summed E-state index contributed by atoms with van der Waals surface area (Å²) in [6.45, 7) is 3.92. The number of benzene rings is 1. The van der Waals surface area contributed by atoms with Crippen molar-refractivity contribution < 1.29 is 4.74 Å². The van der Waals surface area contributed by atoms with E-state index < -0.39 is 0 Å². The Labute approximate surface area is 87.7 Å². The van der Waals surface area contributed by atoms with Crippen molar-refractivity contribution in [1.29, 1.82) is 0 Å². The molecule has 1 aliphatic rings. The maximum absolute atomic E-state index is 5.18. The van der Waals surface area contributed by atoms with Crippen LogP contribution in [0.3, 0.4) is 0 Å². The van der Waals surface area contributed by atoms with Gasteiger partial charge in [-0.2, -0.15) is 0 Å². The van der Waals surface area contributed by atoms with Gasteiger partial charge in [-0.15, -0.1) is 11.7 Å². The van der Waals surface area contributed by atoms with Gasteiger partial charge in [0.15, 0.2) is 0 Å². The summed E-state index contributed by atoms with van der Waals surface area (Å²) >= 11 is 4.17. The van der Waals surface area contributed by atoms with Crippen LogP contribution in [0, 0.1) is 6.92 Å². The number of thiol groups is 1. The summed E-state index contributed by atoms with van der Waals surface area (Å²) in [5.41, 5.74) is 2.78. The minimum absolute atomic E-state index is 0.624. The predicted octanol–water partition coefficient (Wildman–Crippen LogP) is 3.05. The van der Waals surface area contributed by atoms with Crippen molar-refractivity contribution in [3.63, 3.8) is 0 Å². The van der Waals surface area contributed by atoms with Crippen molar-refractivity contribution in [2.75, 3.05) is 13.2 Å². The van der Waals surface area contributed by atoms with Gasteiger partial charge in [0.2, 0.25) is 0 Å². The molecule has 70 valence electrons. The molecule has 1 nitrogen and oxygen atoms in total. The molecular formula is C10H12OS2. The summed E-state index contributed by atoms with van der Waals surface area (Å²) in [7, 11) is 1.49. The highest BCUT2D eigenvalue weighted by Gasteiger charge is 2.21.